The summed E-state index contributed by atoms with van der Waals surface area (Å²) in [5.74, 6) is -0.0922. The Labute approximate surface area is 99.5 Å². The van der Waals surface area contributed by atoms with Crippen LogP contribution in [0.4, 0.5) is 0 Å². The van der Waals surface area contributed by atoms with Crippen LogP contribution in [0.3, 0.4) is 0 Å². The average Bonchev–Trinajstić information content (AvgIpc) is 2.19. The van der Waals surface area contributed by atoms with Gasteiger partial charge in [-0.1, -0.05) is 27.7 Å². The number of rotatable bonds is 8. The molecule has 0 atom stereocenters. The number of unbranched alkanes of at least 4 members (excludes halogenated alkanes) is 1. The molecule has 3 nitrogen and oxygen atoms in total. The monoisotopic (exact) mass is 230 g/mol. The molecular weight excluding hydrogens is 204 g/mol. The Hall–Kier alpha value is -0.570. The predicted molar refractivity (Wildman–Crippen MR) is 65.4 cm³/mol. The maximum absolute atomic E-state index is 11.3. The average molecular weight is 230 g/mol. The first kappa shape index (κ1) is 15.4. The third-order valence-corrected chi connectivity index (χ3v) is 1.93. The molecule has 0 aliphatic heterocycles. The second-order valence-corrected chi connectivity index (χ2v) is 5.29. The van der Waals surface area contributed by atoms with Crippen molar-refractivity contribution in [1.29, 1.82) is 0 Å². The van der Waals surface area contributed by atoms with Crippen LogP contribution in [0.5, 0.6) is 0 Å². The van der Waals surface area contributed by atoms with Crippen LogP contribution < -0.4 is 0 Å². The van der Waals surface area contributed by atoms with Crippen LogP contribution in [0.1, 0.15) is 53.4 Å². The maximum Gasteiger partial charge on any atom is 0.305 e. The summed E-state index contributed by atoms with van der Waals surface area (Å²) in [6.07, 6.45) is 3.34. The van der Waals surface area contributed by atoms with E-state index in [1.54, 1.807) is 0 Å². The highest BCUT2D eigenvalue weighted by molar-refractivity contribution is 5.69. The lowest BCUT2D eigenvalue weighted by atomic mass is 9.99. The Morgan fingerprint density at radius 2 is 1.81 bits per heavy atom. The summed E-state index contributed by atoms with van der Waals surface area (Å²) in [6.45, 7) is 10.3. The van der Waals surface area contributed by atoms with Crippen LogP contribution in [0, 0.1) is 5.41 Å². The smallest absolute Gasteiger partial charge is 0.305 e. The van der Waals surface area contributed by atoms with Gasteiger partial charge in [-0.3, -0.25) is 4.79 Å². The SMILES string of the molecule is CCCOCCCCC(=O)OCC(C)(C)C. The van der Waals surface area contributed by atoms with Gasteiger partial charge in [0.15, 0.2) is 0 Å². The van der Waals surface area contributed by atoms with Crippen molar-refractivity contribution in [2.24, 2.45) is 5.41 Å². The highest BCUT2D eigenvalue weighted by atomic mass is 16.5. The number of hydrogen-bond donors (Lipinski definition) is 0. The standard InChI is InChI=1S/C13H26O3/c1-5-9-15-10-7-6-8-12(14)16-11-13(2,3)4/h5-11H2,1-4H3. The van der Waals surface area contributed by atoms with Crippen LogP contribution >= 0.6 is 0 Å². The lowest BCUT2D eigenvalue weighted by molar-refractivity contribution is -0.146. The van der Waals surface area contributed by atoms with E-state index in [0.717, 1.165) is 32.5 Å². The largest absolute Gasteiger partial charge is 0.465 e. The second-order valence-electron chi connectivity index (χ2n) is 5.29. The van der Waals surface area contributed by atoms with Gasteiger partial charge < -0.3 is 9.47 Å². The van der Waals surface area contributed by atoms with Crippen LogP contribution in [-0.4, -0.2) is 25.8 Å². The van der Waals surface area contributed by atoms with E-state index in [-0.39, 0.29) is 11.4 Å². The zero-order chi connectivity index (χ0) is 12.4. The van der Waals surface area contributed by atoms with E-state index in [2.05, 4.69) is 27.7 Å². The minimum atomic E-state index is -0.0922. The van der Waals surface area contributed by atoms with Crippen molar-refractivity contribution in [2.75, 3.05) is 19.8 Å². The molecule has 16 heavy (non-hydrogen) atoms. The number of carbonyl (C=O) groups is 1. The highest BCUT2D eigenvalue weighted by Gasteiger charge is 2.13. The summed E-state index contributed by atoms with van der Waals surface area (Å²) >= 11 is 0. The van der Waals surface area contributed by atoms with E-state index in [1.807, 2.05) is 0 Å². The fourth-order valence-electron chi connectivity index (χ4n) is 1.09. The summed E-state index contributed by atoms with van der Waals surface area (Å²) in [5.41, 5.74) is 0.0555. The number of carbonyl (C=O) groups excluding carboxylic acids is 1. The van der Waals surface area contributed by atoms with Crippen LogP contribution in [0.15, 0.2) is 0 Å². The Balaban J connectivity index is 3.31. The van der Waals surface area contributed by atoms with Gasteiger partial charge in [0.05, 0.1) is 6.61 Å². The molecular formula is C13H26O3. The Bertz CT molecular complexity index is 182. The molecule has 0 bridgehead atoms. The van der Waals surface area contributed by atoms with Crippen molar-refractivity contribution in [3.8, 4) is 0 Å². The first-order valence-electron chi connectivity index (χ1n) is 6.19. The zero-order valence-corrected chi connectivity index (χ0v) is 11.2. The molecule has 96 valence electrons. The van der Waals surface area contributed by atoms with Gasteiger partial charge in [-0.2, -0.15) is 0 Å². The van der Waals surface area contributed by atoms with Crippen molar-refractivity contribution < 1.29 is 14.3 Å². The molecule has 0 radical (unpaired) electrons. The van der Waals surface area contributed by atoms with E-state index < -0.39 is 0 Å². The van der Waals surface area contributed by atoms with Crippen LogP contribution in [0.2, 0.25) is 0 Å². The summed E-state index contributed by atoms with van der Waals surface area (Å²) in [5, 5.41) is 0. The molecule has 0 aromatic carbocycles. The van der Waals surface area contributed by atoms with Gasteiger partial charge in [0, 0.05) is 19.6 Å². The number of hydrogen-bond acceptors (Lipinski definition) is 3. The van der Waals surface area contributed by atoms with Gasteiger partial charge in [0.25, 0.3) is 0 Å². The minimum Gasteiger partial charge on any atom is -0.465 e. The fourth-order valence-corrected chi connectivity index (χ4v) is 1.09. The van der Waals surface area contributed by atoms with E-state index in [1.165, 1.54) is 0 Å². The Kier molecular flexibility index (Phi) is 8.26. The third kappa shape index (κ3) is 11.5. The second kappa shape index (κ2) is 8.57. The van der Waals surface area contributed by atoms with Crippen molar-refractivity contribution >= 4 is 5.97 Å². The molecule has 0 aromatic heterocycles. The summed E-state index contributed by atoms with van der Waals surface area (Å²) < 4.78 is 10.5. The van der Waals surface area contributed by atoms with E-state index in [0.29, 0.717) is 13.0 Å². The summed E-state index contributed by atoms with van der Waals surface area (Å²) in [6, 6.07) is 0. The molecule has 0 aromatic rings. The predicted octanol–water partition coefficient (Wildman–Crippen LogP) is 3.17. The number of esters is 1. The Morgan fingerprint density at radius 1 is 1.12 bits per heavy atom. The van der Waals surface area contributed by atoms with Gasteiger partial charge in [-0.25, -0.2) is 0 Å². The van der Waals surface area contributed by atoms with Gasteiger partial charge in [0.2, 0.25) is 0 Å². The first-order chi connectivity index (χ1) is 7.45. The molecule has 0 aliphatic carbocycles. The van der Waals surface area contributed by atoms with Crippen LogP contribution in [0.25, 0.3) is 0 Å². The fraction of sp³-hybridized carbons (Fsp3) is 0.923. The summed E-state index contributed by atoms with van der Waals surface area (Å²) in [7, 11) is 0. The Morgan fingerprint density at radius 3 is 2.38 bits per heavy atom. The normalized spacial score (nSPS) is 11.5. The molecule has 0 spiro atoms. The van der Waals surface area contributed by atoms with Gasteiger partial charge in [-0.05, 0) is 24.7 Å². The van der Waals surface area contributed by atoms with Crippen molar-refractivity contribution in [3.05, 3.63) is 0 Å². The van der Waals surface area contributed by atoms with Crippen molar-refractivity contribution in [3.63, 3.8) is 0 Å². The lowest BCUT2D eigenvalue weighted by Gasteiger charge is -2.17. The maximum atomic E-state index is 11.3. The molecule has 0 fully saturated rings. The molecule has 0 N–H and O–H groups in total. The summed E-state index contributed by atoms with van der Waals surface area (Å²) in [4.78, 5) is 11.3. The van der Waals surface area contributed by atoms with Gasteiger partial charge in [-0.15, -0.1) is 0 Å². The zero-order valence-electron chi connectivity index (χ0n) is 11.2. The van der Waals surface area contributed by atoms with Gasteiger partial charge >= 0.3 is 5.97 Å². The third-order valence-electron chi connectivity index (χ3n) is 1.93. The first-order valence-corrected chi connectivity index (χ1v) is 6.19. The molecule has 3 heteroatoms. The van der Waals surface area contributed by atoms with E-state index in [9.17, 15) is 4.79 Å². The molecule has 0 rings (SSSR count). The topological polar surface area (TPSA) is 35.5 Å². The van der Waals surface area contributed by atoms with Crippen molar-refractivity contribution in [2.45, 2.75) is 53.4 Å². The van der Waals surface area contributed by atoms with E-state index in [4.69, 9.17) is 9.47 Å². The van der Waals surface area contributed by atoms with E-state index >= 15 is 0 Å². The molecule has 0 unspecified atom stereocenters. The van der Waals surface area contributed by atoms with Crippen molar-refractivity contribution in [1.82, 2.24) is 0 Å². The highest BCUT2D eigenvalue weighted by Crippen LogP contribution is 2.13. The molecule has 0 saturated carbocycles. The van der Waals surface area contributed by atoms with Gasteiger partial charge in [0.1, 0.15) is 0 Å². The lowest BCUT2D eigenvalue weighted by Crippen LogP contribution is -2.18. The quantitative estimate of drug-likeness (QED) is 0.474. The number of ether oxygens (including phenoxy) is 2. The van der Waals surface area contributed by atoms with Crippen LogP contribution in [-0.2, 0) is 14.3 Å². The molecule has 0 heterocycles. The molecule has 0 aliphatic rings. The molecule has 0 saturated heterocycles. The minimum absolute atomic E-state index is 0.0555. The molecule has 0 amide bonds.